The number of benzene rings is 1. The first-order valence-electron chi connectivity index (χ1n) is 6.64. The van der Waals surface area contributed by atoms with Crippen molar-refractivity contribution in [2.45, 2.75) is 26.8 Å². The summed E-state index contributed by atoms with van der Waals surface area (Å²) in [5, 5.41) is 3.31. The molecule has 1 aromatic carbocycles. The van der Waals surface area contributed by atoms with E-state index in [1.807, 2.05) is 25.1 Å². The lowest BCUT2D eigenvalue weighted by Crippen LogP contribution is -2.14. The molecule has 1 heterocycles. The molecular weight excluding hydrogens is 318 g/mol. The number of rotatable bonds is 6. The van der Waals surface area contributed by atoms with Crippen LogP contribution in [0.15, 0.2) is 35.1 Å². The summed E-state index contributed by atoms with van der Waals surface area (Å²) >= 11 is 3.43. The fourth-order valence-electron chi connectivity index (χ4n) is 1.68. The molecule has 0 aliphatic rings. The zero-order valence-corrected chi connectivity index (χ0v) is 13.3. The van der Waals surface area contributed by atoms with E-state index in [1.54, 1.807) is 12.4 Å². The molecule has 0 atom stereocenters. The van der Waals surface area contributed by atoms with Crippen molar-refractivity contribution >= 4 is 15.9 Å². The van der Waals surface area contributed by atoms with Gasteiger partial charge in [-0.25, -0.2) is 9.97 Å². The number of aryl methyl sites for hydroxylation is 1. The van der Waals surface area contributed by atoms with E-state index < -0.39 is 0 Å². The maximum Gasteiger partial charge on any atom is 0.321 e. The third-order valence-electron chi connectivity index (χ3n) is 2.79. The molecule has 0 unspecified atom stereocenters. The van der Waals surface area contributed by atoms with Gasteiger partial charge in [0.2, 0.25) is 0 Å². The molecule has 5 heteroatoms. The molecule has 0 bridgehead atoms. The highest BCUT2D eigenvalue weighted by Gasteiger charge is 2.05. The van der Waals surface area contributed by atoms with Crippen LogP contribution in [0.2, 0.25) is 0 Å². The molecule has 0 amide bonds. The fraction of sp³-hybridized carbons (Fsp3) is 0.333. The Kier molecular flexibility index (Phi) is 5.49. The second kappa shape index (κ2) is 7.36. The Bertz CT molecular complexity index is 558. The number of hydrogen-bond acceptors (Lipinski definition) is 4. The molecule has 0 saturated carbocycles. The van der Waals surface area contributed by atoms with Gasteiger partial charge < -0.3 is 10.1 Å². The molecule has 1 aromatic heterocycles. The van der Waals surface area contributed by atoms with Crippen molar-refractivity contribution < 1.29 is 4.74 Å². The van der Waals surface area contributed by atoms with E-state index in [-0.39, 0.29) is 0 Å². The van der Waals surface area contributed by atoms with Gasteiger partial charge in [0.1, 0.15) is 5.75 Å². The standard InChI is InChI=1S/C15H18BrN3O/c1-3-6-17-8-12-9-18-15(19-10-12)20-14-7-13(16)5-4-11(14)2/h4-5,7,9-10,17H,3,6,8H2,1-2H3. The van der Waals surface area contributed by atoms with Gasteiger partial charge >= 0.3 is 6.01 Å². The predicted molar refractivity (Wildman–Crippen MR) is 83.0 cm³/mol. The first kappa shape index (κ1) is 14.9. The molecule has 2 rings (SSSR count). The van der Waals surface area contributed by atoms with Gasteiger partial charge in [-0.15, -0.1) is 0 Å². The summed E-state index contributed by atoms with van der Waals surface area (Å²) < 4.78 is 6.67. The molecule has 0 aliphatic carbocycles. The van der Waals surface area contributed by atoms with Crippen LogP contribution in [0.1, 0.15) is 24.5 Å². The molecule has 106 valence electrons. The van der Waals surface area contributed by atoms with Gasteiger partial charge in [-0.1, -0.05) is 28.9 Å². The molecule has 1 N–H and O–H groups in total. The Hall–Kier alpha value is -1.46. The van der Waals surface area contributed by atoms with Gasteiger partial charge in [-0.3, -0.25) is 0 Å². The Morgan fingerprint density at radius 1 is 1.25 bits per heavy atom. The van der Waals surface area contributed by atoms with Crippen LogP contribution in [0.25, 0.3) is 0 Å². The molecule has 0 spiro atoms. The Morgan fingerprint density at radius 3 is 2.70 bits per heavy atom. The summed E-state index contributed by atoms with van der Waals surface area (Å²) in [7, 11) is 0. The average molecular weight is 336 g/mol. The van der Waals surface area contributed by atoms with E-state index in [0.717, 1.165) is 40.9 Å². The molecule has 0 saturated heterocycles. The van der Waals surface area contributed by atoms with E-state index in [2.05, 4.69) is 38.1 Å². The second-order valence-corrected chi connectivity index (χ2v) is 5.48. The third-order valence-corrected chi connectivity index (χ3v) is 3.28. The van der Waals surface area contributed by atoms with Crippen LogP contribution in [-0.2, 0) is 6.54 Å². The molecule has 0 fully saturated rings. The smallest absolute Gasteiger partial charge is 0.321 e. The normalized spacial score (nSPS) is 10.6. The number of nitrogens with zero attached hydrogens (tertiary/aromatic N) is 2. The summed E-state index contributed by atoms with van der Waals surface area (Å²) in [6, 6.07) is 6.24. The highest BCUT2D eigenvalue weighted by atomic mass is 79.9. The molecule has 20 heavy (non-hydrogen) atoms. The Morgan fingerprint density at radius 2 is 2.00 bits per heavy atom. The van der Waals surface area contributed by atoms with Gasteiger partial charge in [0.05, 0.1) is 0 Å². The number of hydrogen-bond donors (Lipinski definition) is 1. The van der Waals surface area contributed by atoms with E-state index in [0.29, 0.717) is 6.01 Å². The van der Waals surface area contributed by atoms with E-state index in [1.165, 1.54) is 0 Å². The monoisotopic (exact) mass is 335 g/mol. The maximum atomic E-state index is 5.70. The largest absolute Gasteiger partial charge is 0.424 e. The highest BCUT2D eigenvalue weighted by Crippen LogP contribution is 2.26. The van der Waals surface area contributed by atoms with E-state index in [4.69, 9.17) is 4.74 Å². The van der Waals surface area contributed by atoms with Crippen LogP contribution in [0.4, 0.5) is 0 Å². The topological polar surface area (TPSA) is 47.0 Å². The van der Waals surface area contributed by atoms with Gasteiger partial charge in [0.15, 0.2) is 0 Å². The minimum atomic E-state index is 0.366. The summed E-state index contributed by atoms with van der Waals surface area (Å²) in [6.45, 7) is 5.91. The van der Waals surface area contributed by atoms with Crippen molar-refractivity contribution in [1.82, 2.24) is 15.3 Å². The van der Waals surface area contributed by atoms with Gasteiger partial charge in [0, 0.05) is 29.0 Å². The van der Waals surface area contributed by atoms with Crippen LogP contribution in [-0.4, -0.2) is 16.5 Å². The van der Waals surface area contributed by atoms with Gasteiger partial charge in [0.25, 0.3) is 0 Å². The second-order valence-electron chi connectivity index (χ2n) is 4.56. The number of nitrogens with one attached hydrogen (secondary N) is 1. The van der Waals surface area contributed by atoms with Crippen LogP contribution in [0, 0.1) is 6.92 Å². The average Bonchev–Trinajstić information content (AvgIpc) is 2.45. The molecule has 2 aromatic rings. The molecule has 0 radical (unpaired) electrons. The lowest BCUT2D eigenvalue weighted by molar-refractivity contribution is 0.437. The van der Waals surface area contributed by atoms with Crippen molar-refractivity contribution in [2.24, 2.45) is 0 Å². The first-order chi connectivity index (χ1) is 9.69. The van der Waals surface area contributed by atoms with Crippen LogP contribution in [0.5, 0.6) is 11.8 Å². The van der Waals surface area contributed by atoms with Crippen molar-refractivity contribution in [3.8, 4) is 11.8 Å². The van der Waals surface area contributed by atoms with Crippen LogP contribution >= 0.6 is 15.9 Å². The lowest BCUT2D eigenvalue weighted by atomic mass is 10.2. The minimum absolute atomic E-state index is 0.366. The minimum Gasteiger partial charge on any atom is -0.424 e. The maximum absolute atomic E-state index is 5.70. The Labute approximate surface area is 127 Å². The van der Waals surface area contributed by atoms with Crippen LogP contribution < -0.4 is 10.1 Å². The zero-order chi connectivity index (χ0) is 14.4. The summed E-state index contributed by atoms with van der Waals surface area (Å²) in [5.41, 5.74) is 2.10. The first-order valence-corrected chi connectivity index (χ1v) is 7.44. The number of aromatic nitrogens is 2. The van der Waals surface area contributed by atoms with E-state index >= 15 is 0 Å². The van der Waals surface area contributed by atoms with Crippen LogP contribution in [0.3, 0.4) is 0 Å². The summed E-state index contributed by atoms with van der Waals surface area (Å²) in [6.07, 6.45) is 4.70. The van der Waals surface area contributed by atoms with Crippen molar-refractivity contribution in [1.29, 1.82) is 0 Å². The van der Waals surface area contributed by atoms with Gasteiger partial charge in [-0.2, -0.15) is 0 Å². The summed E-state index contributed by atoms with van der Waals surface area (Å²) in [5.74, 6) is 0.760. The predicted octanol–water partition coefficient (Wildman–Crippen LogP) is 3.84. The lowest BCUT2D eigenvalue weighted by Gasteiger charge is -2.08. The van der Waals surface area contributed by atoms with Crippen molar-refractivity contribution in [3.05, 3.63) is 46.2 Å². The Balaban J connectivity index is 2.01. The third kappa shape index (κ3) is 4.28. The molecule has 4 nitrogen and oxygen atoms in total. The van der Waals surface area contributed by atoms with E-state index in [9.17, 15) is 0 Å². The highest BCUT2D eigenvalue weighted by molar-refractivity contribution is 9.10. The van der Waals surface area contributed by atoms with Gasteiger partial charge in [-0.05, 0) is 37.6 Å². The number of ether oxygens (including phenoxy) is 1. The SMILES string of the molecule is CCCNCc1cnc(Oc2cc(Br)ccc2C)nc1. The quantitative estimate of drug-likeness (QED) is 0.814. The molecular formula is C15H18BrN3O. The fourth-order valence-corrected chi connectivity index (χ4v) is 2.02. The number of halogens is 1. The molecule has 0 aliphatic heterocycles. The zero-order valence-electron chi connectivity index (χ0n) is 11.7. The summed E-state index contributed by atoms with van der Waals surface area (Å²) in [4.78, 5) is 8.47. The van der Waals surface area contributed by atoms with Crippen molar-refractivity contribution in [3.63, 3.8) is 0 Å². The van der Waals surface area contributed by atoms with Crippen molar-refractivity contribution in [2.75, 3.05) is 6.54 Å².